The van der Waals surface area contributed by atoms with Gasteiger partial charge in [0.25, 0.3) is 0 Å². The van der Waals surface area contributed by atoms with Crippen LogP contribution < -0.4 is 0 Å². The Kier molecular flexibility index (Phi) is 3.17. The topological polar surface area (TPSA) is 60.8 Å². The third-order valence-corrected chi connectivity index (χ3v) is 3.26. The number of nitrogens with zero attached hydrogens (tertiary/aromatic N) is 1. The van der Waals surface area contributed by atoms with Gasteiger partial charge in [0.2, 0.25) is 0 Å². The normalized spacial score (nSPS) is 17.2. The zero-order chi connectivity index (χ0) is 12.6. The standard InChI is InChI=1S/C13H17NO3/c1-8(2)14-6-10-4-3-9(5-11(10)7-14)12(15)13(16)17/h3-5,8,12,15H,6-7H2,1-2H3,(H,16,17). The molecule has 0 spiro atoms. The average Bonchev–Trinajstić information content (AvgIpc) is 2.70. The first-order chi connectivity index (χ1) is 7.99. The number of benzene rings is 1. The summed E-state index contributed by atoms with van der Waals surface area (Å²) in [5.74, 6) is -1.20. The van der Waals surface area contributed by atoms with Gasteiger partial charge in [0, 0.05) is 19.1 Å². The van der Waals surface area contributed by atoms with Gasteiger partial charge in [0.15, 0.2) is 6.10 Å². The Balaban J connectivity index is 2.24. The van der Waals surface area contributed by atoms with Gasteiger partial charge in [0.05, 0.1) is 0 Å². The maximum atomic E-state index is 10.7. The lowest BCUT2D eigenvalue weighted by molar-refractivity contribution is -0.146. The molecule has 1 aromatic carbocycles. The highest BCUT2D eigenvalue weighted by Crippen LogP contribution is 2.27. The highest BCUT2D eigenvalue weighted by molar-refractivity contribution is 5.74. The molecule has 2 N–H and O–H groups in total. The van der Waals surface area contributed by atoms with Gasteiger partial charge >= 0.3 is 5.97 Å². The second-order valence-corrected chi connectivity index (χ2v) is 4.77. The number of hydrogen-bond donors (Lipinski definition) is 2. The number of fused-ring (bicyclic) bond motifs is 1. The molecular formula is C13H17NO3. The molecule has 0 saturated carbocycles. The van der Waals surface area contributed by atoms with Crippen molar-refractivity contribution in [3.8, 4) is 0 Å². The number of aliphatic hydroxyl groups excluding tert-OH is 1. The zero-order valence-electron chi connectivity index (χ0n) is 10.1. The Morgan fingerprint density at radius 3 is 2.53 bits per heavy atom. The molecule has 1 aliphatic rings. The first kappa shape index (κ1) is 12.1. The number of hydrogen-bond acceptors (Lipinski definition) is 3. The van der Waals surface area contributed by atoms with Crippen molar-refractivity contribution in [1.29, 1.82) is 0 Å². The summed E-state index contributed by atoms with van der Waals surface area (Å²) in [4.78, 5) is 13.0. The van der Waals surface area contributed by atoms with Crippen LogP contribution in [-0.4, -0.2) is 27.1 Å². The SMILES string of the molecule is CC(C)N1Cc2ccc(C(O)C(=O)O)cc2C1. The molecule has 92 valence electrons. The number of aliphatic hydroxyl groups is 1. The van der Waals surface area contributed by atoms with Crippen LogP contribution in [0, 0.1) is 0 Å². The molecule has 0 saturated heterocycles. The first-order valence-corrected chi connectivity index (χ1v) is 5.75. The van der Waals surface area contributed by atoms with E-state index in [1.165, 1.54) is 5.56 Å². The molecule has 4 heteroatoms. The summed E-state index contributed by atoms with van der Waals surface area (Å²) in [5, 5.41) is 18.3. The Hall–Kier alpha value is -1.39. The molecule has 0 amide bonds. The van der Waals surface area contributed by atoms with Gasteiger partial charge < -0.3 is 10.2 Å². The Bertz CT molecular complexity index is 442. The molecule has 1 atom stereocenters. The van der Waals surface area contributed by atoms with E-state index in [4.69, 9.17) is 5.11 Å². The second-order valence-electron chi connectivity index (χ2n) is 4.77. The van der Waals surface area contributed by atoms with Crippen molar-refractivity contribution in [2.45, 2.75) is 39.1 Å². The minimum absolute atomic E-state index is 0.460. The molecule has 2 rings (SSSR count). The fourth-order valence-electron chi connectivity index (χ4n) is 2.12. The van der Waals surface area contributed by atoms with Crippen LogP contribution in [0.3, 0.4) is 0 Å². The number of carboxylic acids is 1. The van der Waals surface area contributed by atoms with Crippen LogP contribution in [0.5, 0.6) is 0 Å². The molecular weight excluding hydrogens is 218 g/mol. The molecule has 0 bridgehead atoms. The van der Waals surface area contributed by atoms with Crippen LogP contribution in [0.4, 0.5) is 0 Å². The summed E-state index contributed by atoms with van der Waals surface area (Å²) in [6.07, 6.45) is -1.42. The van der Waals surface area contributed by atoms with E-state index < -0.39 is 12.1 Å². The predicted molar refractivity (Wildman–Crippen MR) is 63.4 cm³/mol. The van der Waals surface area contributed by atoms with E-state index >= 15 is 0 Å². The Morgan fingerprint density at radius 1 is 1.29 bits per heavy atom. The van der Waals surface area contributed by atoms with Crippen molar-refractivity contribution >= 4 is 5.97 Å². The number of carbonyl (C=O) groups is 1. The zero-order valence-corrected chi connectivity index (χ0v) is 10.1. The molecule has 0 aliphatic carbocycles. The largest absolute Gasteiger partial charge is 0.479 e. The minimum atomic E-state index is -1.42. The molecule has 4 nitrogen and oxygen atoms in total. The third kappa shape index (κ3) is 2.33. The fourth-order valence-corrected chi connectivity index (χ4v) is 2.12. The average molecular weight is 235 g/mol. The summed E-state index contributed by atoms with van der Waals surface area (Å²) in [6.45, 7) is 6.00. The maximum Gasteiger partial charge on any atom is 0.337 e. The van der Waals surface area contributed by atoms with Gasteiger partial charge in [-0.15, -0.1) is 0 Å². The summed E-state index contributed by atoms with van der Waals surface area (Å²) >= 11 is 0. The van der Waals surface area contributed by atoms with Crippen molar-refractivity contribution in [3.63, 3.8) is 0 Å². The van der Waals surface area contributed by atoms with Crippen LogP contribution in [0.25, 0.3) is 0 Å². The van der Waals surface area contributed by atoms with Crippen LogP contribution in [-0.2, 0) is 17.9 Å². The second kappa shape index (κ2) is 4.47. The van der Waals surface area contributed by atoms with Crippen LogP contribution >= 0.6 is 0 Å². The summed E-state index contributed by atoms with van der Waals surface area (Å²) in [5.41, 5.74) is 2.80. The predicted octanol–water partition coefficient (Wildman–Crippen LogP) is 1.53. The number of carboxylic acid groups (broad SMARTS) is 1. The van der Waals surface area contributed by atoms with Crippen molar-refractivity contribution in [2.75, 3.05) is 0 Å². The molecule has 1 aliphatic heterocycles. The van der Waals surface area contributed by atoms with Gasteiger partial charge in [-0.3, -0.25) is 4.90 Å². The van der Waals surface area contributed by atoms with Crippen LogP contribution in [0.1, 0.15) is 36.6 Å². The molecule has 0 radical (unpaired) electrons. The fraction of sp³-hybridized carbons (Fsp3) is 0.462. The van der Waals surface area contributed by atoms with Crippen molar-refractivity contribution in [1.82, 2.24) is 4.90 Å². The molecule has 0 fully saturated rings. The Morgan fingerprint density at radius 2 is 1.94 bits per heavy atom. The Labute approximate surface area is 100 Å². The van der Waals surface area contributed by atoms with E-state index in [1.807, 2.05) is 6.07 Å². The summed E-state index contributed by atoms with van der Waals surface area (Å²) in [7, 11) is 0. The molecule has 0 aromatic heterocycles. The lowest BCUT2D eigenvalue weighted by atomic mass is 10.0. The molecule has 1 heterocycles. The highest BCUT2D eigenvalue weighted by Gasteiger charge is 2.23. The van der Waals surface area contributed by atoms with Gasteiger partial charge in [0.1, 0.15) is 0 Å². The van der Waals surface area contributed by atoms with E-state index in [0.717, 1.165) is 18.7 Å². The van der Waals surface area contributed by atoms with E-state index in [9.17, 15) is 9.90 Å². The molecule has 17 heavy (non-hydrogen) atoms. The monoisotopic (exact) mass is 235 g/mol. The highest BCUT2D eigenvalue weighted by atomic mass is 16.4. The molecule has 1 aromatic rings. The smallest absolute Gasteiger partial charge is 0.337 e. The van der Waals surface area contributed by atoms with E-state index in [1.54, 1.807) is 12.1 Å². The summed E-state index contributed by atoms with van der Waals surface area (Å²) in [6, 6.07) is 5.88. The van der Waals surface area contributed by atoms with Crippen LogP contribution in [0.15, 0.2) is 18.2 Å². The maximum absolute atomic E-state index is 10.7. The lowest BCUT2D eigenvalue weighted by Gasteiger charge is -2.18. The number of rotatable bonds is 3. The quantitative estimate of drug-likeness (QED) is 0.834. The van der Waals surface area contributed by atoms with Crippen molar-refractivity contribution in [2.24, 2.45) is 0 Å². The van der Waals surface area contributed by atoms with E-state index in [2.05, 4.69) is 18.7 Å². The lowest BCUT2D eigenvalue weighted by Crippen LogP contribution is -2.24. The van der Waals surface area contributed by atoms with Crippen LogP contribution in [0.2, 0.25) is 0 Å². The first-order valence-electron chi connectivity index (χ1n) is 5.75. The van der Waals surface area contributed by atoms with Crippen molar-refractivity contribution < 1.29 is 15.0 Å². The van der Waals surface area contributed by atoms with Gasteiger partial charge in [-0.2, -0.15) is 0 Å². The van der Waals surface area contributed by atoms with E-state index in [-0.39, 0.29) is 0 Å². The van der Waals surface area contributed by atoms with Gasteiger partial charge in [-0.05, 0) is 30.5 Å². The molecule has 1 unspecified atom stereocenters. The van der Waals surface area contributed by atoms with E-state index in [0.29, 0.717) is 11.6 Å². The van der Waals surface area contributed by atoms with Gasteiger partial charge in [-0.25, -0.2) is 4.79 Å². The third-order valence-electron chi connectivity index (χ3n) is 3.26. The summed E-state index contributed by atoms with van der Waals surface area (Å²) < 4.78 is 0. The van der Waals surface area contributed by atoms with Gasteiger partial charge in [-0.1, -0.05) is 18.2 Å². The number of aliphatic carboxylic acids is 1. The minimum Gasteiger partial charge on any atom is -0.479 e. The van der Waals surface area contributed by atoms with Crippen molar-refractivity contribution in [3.05, 3.63) is 34.9 Å².